The minimum absolute atomic E-state index is 0.0658. The van der Waals surface area contributed by atoms with E-state index in [1.165, 1.54) is 105 Å². The van der Waals surface area contributed by atoms with Gasteiger partial charge in [0.05, 0.1) is 5.41 Å². The second kappa shape index (κ2) is 12.8. The number of rotatable bonds is 4. The Hall–Kier alpha value is -6.39. The third-order valence-corrected chi connectivity index (χ3v) is 16.6. The molecule has 0 N–H and O–H groups in total. The molecule has 1 atom stereocenters. The molecule has 7 aliphatic carbocycles. The van der Waals surface area contributed by atoms with Gasteiger partial charge in [-0.3, -0.25) is 0 Å². The molecule has 8 aliphatic rings. The number of allylic oxidation sites excluding steroid dienone is 4. The van der Waals surface area contributed by atoms with E-state index in [0.717, 1.165) is 58.7 Å². The van der Waals surface area contributed by atoms with E-state index in [2.05, 4.69) is 166 Å². The molecule has 7 aromatic rings. The van der Waals surface area contributed by atoms with E-state index >= 15 is 0 Å². The summed E-state index contributed by atoms with van der Waals surface area (Å²) in [6.45, 7) is 4.72. The second-order valence-electron chi connectivity index (χ2n) is 20.5. The van der Waals surface area contributed by atoms with Gasteiger partial charge in [0.15, 0.2) is 5.82 Å². The third kappa shape index (κ3) is 5.01. The van der Waals surface area contributed by atoms with Gasteiger partial charge in [0.25, 0.3) is 0 Å². The lowest BCUT2D eigenvalue weighted by molar-refractivity contribution is -0.00957. The molecule has 4 saturated carbocycles. The number of fused-ring (bicyclic) bond motifs is 12. The van der Waals surface area contributed by atoms with Crippen LogP contribution in [-0.2, 0) is 16.2 Å². The average molecular weight is 816 g/mol. The van der Waals surface area contributed by atoms with Crippen molar-refractivity contribution in [3.63, 3.8) is 0 Å². The zero-order valence-corrected chi connectivity index (χ0v) is 35.9. The highest BCUT2D eigenvalue weighted by molar-refractivity contribution is 5.91. The van der Waals surface area contributed by atoms with Gasteiger partial charge >= 0.3 is 0 Å². The van der Waals surface area contributed by atoms with Crippen LogP contribution in [0.3, 0.4) is 0 Å². The monoisotopic (exact) mass is 815 g/mol. The zero-order valence-electron chi connectivity index (χ0n) is 35.9. The maximum atomic E-state index is 6.57. The Bertz CT molecular complexity index is 3090. The van der Waals surface area contributed by atoms with Gasteiger partial charge in [0.2, 0.25) is 0 Å². The number of benzene rings is 6. The summed E-state index contributed by atoms with van der Waals surface area (Å²) in [7, 11) is 0. The van der Waals surface area contributed by atoms with Crippen molar-refractivity contribution in [2.45, 2.75) is 81.0 Å². The Morgan fingerprint density at radius 1 is 0.524 bits per heavy atom. The van der Waals surface area contributed by atoms with Crippen molar-refractivity contribution in [2.75, 3.05) is 0 Å². The molecule has 0 radical (unpaired) electrons. The number of para-hydroxylation sites is 2. The van der Waals surface area contributed by atoms with Gasteiger partial charge in [-0.25, -0.2) is 15.0 Å². The Morgan fingerprint density at radius 3 is 1.79 bits per heavy atom. The summed E-state index contributed by atoms with van der Waals surface area (Å²) >= 11 is 0. The Kier molecular flexibility index (Phi) is 7.37. The highest BCUT2D eigenvalue weighted by atomic mass is 16.5. The van der Waals surface area contributed by atoms with Crippen LogP contribution in [0.2, 0.25) is 0 Å². The molecule has 4 heteroatoms. The van der Waals surface area contributed by atoms with Crippen LogP contribution in [-0.4, -0.2) is 15.0 Å². The largest absolute Gasteiger partial charge is 0.457 e. The summed E-state index contributed by atoms with van der Waals surface area (Å²) in [5, 5.41) is 0. The molecule has 306 valence electrons. The fourth-order valence-corrected chi connectivity index (χ4v) is 14.2. The number of nitrogens with zero attached hydrogens (tertiary/aromatic N) is 3. The molecule has 1 spiro atoms. The van der Waals surface area contributed by atoms with Crippen LogP contribution in [0.4, 0.5) is 0 Å². The fraction of sp³-hybridized carbons (Fsp3) is 0.271. The fourth-order valence-electron chi connectivity index (χ4n) is 14.2. The van der Waals surface area contributed by atoms with Crippen LogP contribution >= 0.6 is 0 Å². The number of hydrogen-bond acceptors (Lipinski definition) is 4. The SMILES string of the molecule is CC1(C)c2ccccc2-c2ccc(-c3nc(C4C=CC(c5ccc6c(c5)-c5ccccc5C65c6ccccc6Oc6ccccc65)=CC4)nc(C45CC6CC(CC(C6)C4)C5)n3)cc21. The van der Waals surface area contributed by atoms with Crippen LogP contribution in [0, 0.1) is 17.8 Å². The van der Waals surface area contributed by atoms with Crippen LogP contribution in [0.5, 0.6) is 11.5 Å². The molecule has 4 fully saturated rings. The highest BCUT2D eigenvalue weighted by Crippen LogP contribution is 2.63. The smallest absolute Gasteiger partial charge is 0.163 e. The molecule has 1 aromatic heterocycles. The molecular weight excluding hydrogens is 767 g/mol. The lowest BCUT2D eigenvalue weighted by Crippen LogP contribution is -2.49. The lowest BCUT2D eigenvalue weighted by Gasteiger charge is -2.56. The van der Waals surface area contributed by atoms with Crippen molar-refractivity contribution in [1.82, 2.24) is 15.0 Å². The van der Waals surface area contributed by atoms with E-state index in [9.17, 15) is 0 Å². The maximum absolute atomic E-state index is 6.57. The zero-order chi connectivity index (χ0) is 41.7. The summed E-state index contributed by atoms with van der Waals surface area (Å²) < 4.78 is 6.57. The van der Waals surface area contributed by atoms with Crippen LogP contribution in [0.25, 0.3) is 39.2 Å². The standard InChI is InChI=1S/C59H49N3O/c1-57(2)46-13-5-3-11-42(46)44-25-23-41(31-51(44)57)55-60-54(61-56(62-55)58-32-35-27-36(33-58)29-37(28-35)34-58)39-21-19-38(20-22-39)40-24-26-48-45(30-40)43-12-4-6-14-47(43)59(48)49-15-7-9-17-52(49)63-53-18-10-8-16-50(53)59/h3-21,23-26,30-31,35-37,39H,22,27-29,32-34H2,1-2H3. The Labute approximate surface area is 369 Å². The molecule has 1 unspecified atom stereocenters. The summed E-state index contributed by atoms with van der Waals surface area (Å²) in [6.07, 6.45) is 15.8. The molecule has 2 heterocycles. The van der Waals surface area contributed by atoms with Crippen molar-refractivity contribution < 1.29 is 4.74 Å². The molecule has 15 rings (SSSR count). The molecular formula is C59H49N3O. The molecule has 4 nitrogen and oxygen atoms in total. The van der Waals surface area contributed by atoms with Crippen molar-refractivity contribution >= 4 is 5.57 Å². The lowest BCUT2D eigenvalue weighted by atomic mass is 9.49. The van der Waals surface area contributed by atoms with E-state index in [1.807, 2.05) is 0 Å². The van der Waals surface area contributed by atoms with Crippen LogP contribution < -0.4 is 4.74 Å². The first-order chi connectivity index (χ1) is 30.9. The Balaban J connectivity index is 0.847. The van der Waals surface area contributed by atoms with Gasteiger partial charge < -0.3 is 4.74 Å². The predicted molar refractivity (Wildman–Crippen MR) is 251 cm³/mol. The predicted octanol–water partition coefficient (Wildman–Crippen LogP) is 13.9. The number of ether oxygens (including phenoxy) is 1. The minimum Gasteiger partial charge on any atom is -0.457 e. The molecule has 6 aromatic carbocycles. The van der Waals surface area contributed by atoms with E-state index < -0.39 is 5.41 Å². The topological polar surface area (TPSA) is 47.9 Å². The first-order valence-corrected chi connectivity index (χ1v) is 23.4. The first kappa shape index (κ1) is 36.1. The third-order valence-electron chi connectivity index (χ3n) is 16.6. The summed E-state index contributed by atoms with van der Waals surface area (Å²) in [4.78, 5) is 16.5. The van der Waals surface area contributed by atoms with Crippen molar-refractivity contribution in [2.24, 2.45) is 17.8 Å². The van der Waals surface area contributed by atoms with Crippen molar-refractivity contribution in [3.05, 3.63) is 202 Å². The summed E-state index contributed by atoms with van der Waals surface area (Å²) in [5.41, 5.74) is 16.1. The Morgan fingerprint density at radius 2 is 1.11 bits per heavy atom. The van der Waals surface area contributed by atoms with Crippen LogP contribution in [0.1, 0.15) is 115 Å². The highest BCUT2D eigenvalue weighted by Gasteiger charge is 2.54. The van der Waals surface area contributed by atoms with Gasteiger partial charge in [-0.15, -0.1) is 0 Å². The van der Waals surface area contributed by atoms with Gasteiger partial charge in [-0.1, -0.05) is 141 Å². The van der Waals surface area contributed by atoms with E-state index in [1.54, 1.807) is 0 Å². The minimum atomic E-state index is -0.457. The molecule has 0 saturated heterocycles. The quantitative estimate of drug-likeness (QED) is 0.178. The maximum Gasteiger partial charge on any atom is 0.163 e. The summed E-state index contributed by atoms with van der Waals surface area (Å²) in [5.74, 6) is 7.17. The normalized spacial score (nSPS) is 25.3. The van der Waals surface area contributed by atoms with Gasteiger partial charge in [-0.2, -0.15) is 0 Å². The second-order valence-corrected chi connectivity index (χ2v) is 20.5. The first-order valence-electron chi connectivity index (χ1n) is 23.4. The van der Waals surface area contributed by atoms with Crippen LogP contribution in [0.15, 0.2) is 152 Å². The molecule has 4 bridgehead atoms. The molecule has 1 aliphatic heterocycles. The van der Waals surface area contributed by atoms with Gasteiger partial charge in [-0.05, 0) is 143 Å². The van der Waals surface area contributed by atoms with Crippen molar-refractivity contribution in [1.29, 1.82) is 0 Å². The molecule has 63 heavy (non-hydrogen) atoms. The van der Waals surface area contributed by atoms with E-state index in [4.69, 9.17) is 19.7 Å². The number of aromatic nitrogens is 3. The average Bonchev–Trinajstić information content (AvgIpc) is 3.73. The summed E-state index contributed by atoms with van der Waals surface area (Å²) in [6, 6.07) is 49.2. The number of hydrogen-bond donors (Lipinski definition) is 0. The van der Waals surface area contributed by atoms with Gasteiger partial charge in [0.1, 0.15) is 23.1 Å². The van der Waals surface area contributed by atoms with E-state index in [0.29, 0.717) is 0 Å². The molecule has 0 amide bonds. The van der Waals surface area contributed by atoms with Gasteiger partial charge in [0, 0.05) is 33.4 Å². The van der Waals surface area contributed by atoms with Crippen molar-refractivity contribution in [3.8, 4) is 45.1 Å². The van der Waals surface area contributed by atoms with E-state index in [-0.39, 0.29) is 16.7 Å².